The molecule has 0 radical (unpaired) electrons. The number of para-hydroxylation sites is 1. The monoisotopic (exact) mass is 511 g/mol. The second-order valence-electron chi connectivity index (χ2n) is 10.0. The van der Waals surface area contributed by atoms with Crippen LogP contribution in [-0.4, -0.2) is 29.9 Å². The molecule has 0 fully saturated rings. The van der Waals surface area contributed by atoms with E-state index in [4.69, 9.17) is 9.84 Å². The Kier molecular flexibility index (Phi) is 6.23. The van der Waals surface area contributed by atoms with Crippen LogP contribution >= 0.6 is 0 Å². The van der Waals surface area contributed by atoms with Gasteiger partial charge >= 0.3 is 11.7 Å². The molecule has 10 heteroatoms. The molecule has 0 aliphatic rings. The molecule has 2 amide bonds. The van der Waals surface area contributed by atoms with Gasteiger partial charge in [0.15, 0.2) is 11.4 Å². The highest BCUT2D eigenvalue weighted by molar-refractivity contribution is 5.99. The molecular formula is C28H29N7O3. The molecule has 5 rings (SSSR count). The van der Waals surface area contributed by atoms with Gasteiger partial charge in [-0.25, -0.2) is 19.3 Å². The molecule has 3 heterocycles. The first-order valence-electron chi connectivity index (χ1n) is 12.1. The summed E-state index contributed by atoms with van der Waals surface area (Å²) in [5, 5.41) is 10.5. The number of rotatable bonds is 5. The zero-order chi connectivity index (χ0) is 27.0. The molecule has 2 aromatic carbocycles. The van der Waals surface area contributed by atoms with Crippen LogP contribution < -0.4 is 21.1 Å². The maximum atomic E-state index is 13.0. The van der Waals surface area contributed by atoms with Crippen molar-refractivity contribution in [3.63, 3.8) is 0 Å². The van der Waals surface area contributed by atoms with Gasteiger partial charge in [-0.05, 0) is 24.3 Å². The van der Waals surface area contributed by atoms with Gasteiger partial charge in [-0.3, -0.25) is 14.5 Å². The number of imidazole rings is 1. The summed E-state index contributed by atoms with van der Waals surface area (Å²) in [4.78, 5) is 29.7. The lowest BCUT2D eigenvalue weighted by atomic mass is 9.92. The number of nitrogens with zero attached hydrogens (tertiary/aromatic N) is 5. The Morgan fingerprint density at radius 3 is 2.42 bits per heavy atom. The van der Waals surface area contributed by atoms with Crippen molar-refractivity contribution in [1.82, 2.24) is 23.9 Å². The van der Waals surface area contributed by atoms with Crippen molar-refractivity contribution in [2.45, 2.75) is 26.2 Å². The smallest absolute Gasteiger partial charge is 0.329 e. The first-order chi connectivity index (χ1) is 18.1. The van der Waals surface area contributed by atoms with E-state index in [1.165, 1.54) is 9.13 Å². The number of carbonyl (C=O) groups excluding carboxylic acids is 1. The van der Waals surface area contributed by atoms with E-state index in [-0.39, 0.29) is 11.1 Å². The average molecular weight is 512 g/mol. The number of pyridine rings is 1. The number of nitrogens with one attached hydrogen (secondary N) is 2. The third-order valence-electron chi connectivity index (χ3n) is 6.13. The first-order valence-corrected chi connectivity index (χ1v) is 12.1. The molecule has 5 aromatic rings. The number of hydrogen-bond acceptors (Lipinski definition) is 5. The summed E-state index contributed by atoms with van der Waals surface area (Å²) in [7, 11) is 3.34. The van der Waals surface area contributed by atoms with Crippen molar-refractivity contribution < 1.29 is 9.53 Å². The second-order valence-corrected chi connectivity index (χ2v) is 10.0. The minimum absolute atomic E-state index is 0.194. The molecule has 0 aliphatic heterocycles. The number of carbonyl (C=O) groups is 1. The van der Waals surface area contributed by atoms with Crippen molar-refractivity contribution in [3.8, 4) is 17.2 Å². The molecule has 0 saturated carbocycles. The van der Waals surface area contributed by atoms with E-state index in [0.29, 0.717) is 34.2 Å². The van der Waals surface area contributed by atoms with Crippen molar-refractivity contribution in [1.29, 1.82) is 0 Å². The highest BCUT2D eigenvalue weighted by Gasteiger charge is 2.22. The van der Waals surface area contributed by atoms with Gasteiger partial charge in [-0.15, -0.1) is 0 Å². The Labute approximate surface area is 219 Å². The van der Waals surface area contributed by atoms with Crippen LogP contribution in [-0.2, 0) is 19.5 Å². The molecule has 0 spiro atoms. The number of anilines is 2. The van der Waals surface area contributed by atoms with Crippen molar-refractivity contribution in [3.05, 3.63) is 89.1 Å². The van der Waals surface area contributed by atoms with Crippen LogP contribution in [0.4, 0.5) is 16.3 Å². The number of urea groups is 1. The maximum Gasteiger partial charge on any atom is 0.329 e. The summed E-state index contributed by atoms with van der Waals surface area (Å²) in [5.41, 5.74) is 2.94. The average Bonchev–Trinajstić information content (AvgIpc) is 3.40. The summed E-state index contributed by atoms with van der Waals surface area (Å²) in [6.07, 6.45) is 1.59. The maximum absolute atomic E-state index is 13.0. The molecule has 0 aliphatic carbocycles. The summed E-state index contributed by atoms with van der Waals surface area (Å²) in [5.74, 6) is 1.53. The van der Waals surface area contributed by atoms with Gasteiger partial charge in [-0.1, -0.05) is 45.0 Å². The normalized spacial score (nSPS) is 11.5. The predicted octanol–water partition coefficient (Wildman–Crippen LogP) is 5.19. The van der Waals surface area contributed by atoms with E-state index < -0.39 is 6.03 Å². The predicted molar refractivity (Wildman–Crippen MR) is 147 cm³/mol. The van der Waals surface area contributed by atoms with Crippen LogP contribution in [0.1, 0.15) is 26.5 Å². The Bertz CT molecular complexity index is 1690. The quantitative estimate of drug-likeness (QED) is 0.338. The van der Waals surface area contributed by atoms with Crippen LogP contribution in [0.25, 0.3) is 16.9 Å². The minimum atomic E-state index is -0.420. The number of ether oxygens (including phenoxy) is 1. The number of amides is 2. The lowest BCUT2D eigenvalue weighted by molar-refractivity contribution is 0.262. The van der Waals surface area contributed by atoms with Gasteiger partial charge in [0.25, 0.3) is 0 Å². The SMILES string of the molecule is Cn1c(=O)n(C)c2c(Oc3cccc(NC(=O)Nc4cc(C(C)(C)C)nn4-c4ccccc4)c3)ccnc21. The largest absolute Gasteiger partial charge is 0.455 e. The van der Waals surface area contributed by atoms with E-state index in [2.05, 4.69) is 36.4 Å². The van der Waals surface area contributed by atoms with E-state index in [1.54, 1.807) is 55.3 Å². The van der Waals surface area contributed by atoms with Crippen LogP contribution in [0, 0.1) is 0 Å². The molecule has 194 valence electrons. The van der Waals surface area contributed by atoms with Gasteiger partial charge in [0, 0.05) is 49.6 Å². The number of hydrogen-bond donors (Lipinski definition) is 2. The molecule has 0 unspecified atom stereocenters. The van der Waals surface area contributed by atoms with Crippen molar-refractivity contribution in [2.24, 2.45) is 14.1 Å². The van der Waals surface area contributed by atoms with Gasteiger partial charge < -0.3 is 10.1 Å². The topological polar surface area (TPSA) is 108 Å². The third kappa shape index (κ3) is 4.75. The highest BCUT2D eigenvalue weighted by atomic mass is 16.5. The standard InChI is InChI=1S/C28H29N7O3/c1-28(2,3)22-17-23(35(32-22)19-11-7-6-8-12-19)31-26(36)30-18-10-9-13-20(16-18)38-21-14-15-29-25-24(21)33(4)27(37)34(25)5/h6-17H,1-5H3,(H2,30,31,36). The summed E-state index contributed by atoms with van der Waals surface area (Å²) in [6, 6.07) is 19.8. The zero-order valence-electron chi connectivity index (χ0n) is 21.9. The molecule has 2 N–H and O–H groups in total. The lowest BCUT2D eigenvalue weighted by Gasteiger charge is -2.14. The first kappa shape index (κ1) is 24.8. The van der Waals surface area contributed by atoms with Gasteiger partial charge in [0.1, 0.15) is 17.1 Å². The summed E-state index contributed by atoms with van der Waals surface area (Å²) >= 11 is 0. The van der Waals surface area contributed by atoms with E-state index in [1.807, 2.05) is 36.4 Å². The Hall–Kier alpha value is -4.86. The van der Waals surface area contributed by atoms with Crippen LogP contribution in [0.15, 0.2) is 77.7 Å². The number of aryl methyl sites for hydroxylation is 2. The van der Waals surface area contributed by atoms with Crippen molar-refractivity contribution in [2.75, 3.05) is 10.6 Å². The van der Waals surface area contributed by atoms with E-state index in [0.717, 1.165) is 11.4 Å². The minimum Gasteiger partial charge on any atom is -0.455 e. The molecule has 0 saturated heterocycles. The highest BCUT2D eigenvalue weighted by Crippen LogP contribution is 2.30. The van der Waals surface area contributed by atoms with E-state index in [9.17, 15) is 9.59 Å². The zero-order valence-corrected chi connectivity index (χ0v) is 21.9. The van der Waals surface area contributed by atoms with Crippen molar-refractivity contribution >= 4 is 28.7 Å². The Morgan fingerprint density at radius 1 is 0.921 bits per heavy atom. The molecular weight excluding hydrogens is 482 g/mol. The molecule has 3 aromatic heterocycles. The van der Waals surface area contributed by atoms with Gasteiger partial charge in [0.2, 0.25) is 0 Å². The fourth-order valence-electron chi connectivity index (χ4n) is 4.13. The summed E-state index contributed by atoms with van der Waals surface area (Å²) in [6.45, 7) is 6.22. The molecule has 38 heavy (non-hydrogen) atoms. The Morgan fingerprint density at radius 2 is 1.68 bits per heavy atom. The van der Waals surface area contributed by atoms with Crippen LogP contribution in [0.3, 0.4) is 0 Å². The van der Waals surface area contributed by atoms with Crippen LogP contribution in [0.5, 0.6) is 11.5 Å². The van der Waals surface area contributed by atoms with Crippen LogP contribution in [0.2, 0.25) is 0 Å². The molecule has 0 atom stereocenters. The second kappa shape index (κ2) is 9.55. The fraction of sp³-hybridized carbons (Fsp3) is 0.214. The molecule has 0 bridgehead atoms. The summed E-state index contributed by atoms with van der Waals surface area (Å²) < 4.78 is 10.8. The van der Waals surface area contributed by atoms with E-state index >= 15 is 0 Å². The Balaban J connectivity index is 1.37. The third-order valence-corrected chi connectivity index (χ3v) is 6.13. The number of benzene rings is 2. The molecule has 10 nitrogen and oxygen atoms in total. The van der Waals surface area contributed by atoms with Gasteiger partial charge in [0.05, 0.1) is 11.4 Å². The fourth-order valence-corrected chi connectivity index (χ4v) is 4.13. The number of aromatic nitrogens is 5. The number of fused-ring (bicyclic) bond motifs is 1. The lowest BCUT2D eigenvalue weighted by Crippen LogP contribution is -2.21. The van der Waals surface area contributed by atoms with Gasteiger partial charge in [-0.2, -0.15) is 5.10 Å².